The molecule has 1 unspecified atom stereocenters. The van der Waals surface area contributed by atoms with E-state index in [0.717, 1.165) is 11.8 Å². The first kappa shape index (κ1) is 12.4. The van der Waals surface area contributed by atoms with Crippen molar-refractivity contribution in [3.8, 4) is 0 Å². The molecule has 0 bridgehead atoms. The van der Waals surface area contributed by atoms with Crippen LogP contribution in [0.3, 0.4) is 0 Å². The van der Waals surface area contributed by atoms with Gasteiger partial charge in [0.1, 0.15) is 0 Å². The van der Waals surface area contributed by atoms with Gasteiger partial charge in [-0.2, -0.15) is 0 Å². The third kappa shape index (κ3) is 3.73. The highest BCUT2D eigenvalue weighted by atomic mass is 14.3. The quantitative estimate of drug-likeness (QED) is 0.622. The molecule has 0 aliphatic heterocycles. The molecule has 0 heteroatoms. The van der Waals surface area contributed by atoms with Crippen LogP contribution in [0.5, 0.6) is 0 Å². The van der Waals surface area contributed by atoms with Gasteiger partial charge in [0.25, 0.3) is 0 Å². The molecule has 1 fully saturated rings. The van der Waals surface area contributed by atoms with Crippen molar-refractivity contribution in [3.05, 3.63) is 48.6 Å². The van der Waals surface area contributed by atoms with Gasteiger partial charge in [0.15, 0.2) is 0 Å². The largest absolute Gasteiger partial charge is 0.103 e. The number of hydrogen-bond donors (Lipinski definition) is 0. The smallest absolute Gasteiger partial charge is 0.0245 e. The number of hydrogen-bond acceptors (Lipinski definition) is 0. The van der Waals surface area contributed by atoms with E-state index >= 15 is 0 Å². The first-order chi connectivity index (χ1) is 8.40. The lowest BCUT2D eigenvalue weighted by Gasteiger charge is -2.29. The minimum absolute atomic E-state index is 0.815. The first-order valence-electron chi connectivity index (χ1n) is 7.05. The van der Waals surface area contributed by atoms with Gasteiger partial charge in [-0.25, -0.2) is 0 Å². The predicted octanol–water partition coefficient (Wildman–Crippen LogP) is 5.00. The summed E-state index contributed by atoms with van der Waals surface area (Å²) in [5.41, 5.74) is 1.49. The van der Waals surface area contributed by atoms with Crippen molar-refractivity contribution in [1.82, 2.24) is 0 Å². The van der Waals surface area contributed by atoms with Gasteiger partial charge < -0.3 is 0 Å². The molecule has 1 atom stereocenters. The summed E-state index contributed by atoms with van der Waals surface area (Å²) in [5.74, 6) is 1.75. The molecule has 1 aromatic rings. The maximum Gasteiger partial charge on any atom is -0.0245 e. The van der Waals surface area contributed by atoms with Gasteiger partial charge in [0.2, 0.25) is 0 Å². The topological polar surface area (TPSA) is 0 Å². The fourth-order valence-corrected chi connectivity index (χ4v) is 3.18. The molecule has 92 valence electrons. The molecule has 17 heavy (non-hydrogen) atoms. The zero-order chi connectivity index (χ0) is 11.9. The Kier molecular flexibility index (Phi) is 4.85. The van der Waals surface area contributed by atoms with Gasteiger partial charge >= 0.3 is 0 Å². The average Bonchev–Trinajstić information content (AvgIpc) is 2.40. The second kappa shape index (κ2) is 6.64. The molecule has 0 nitrogen and oxygen atoms in total. The SMILES string of the molecule is C=CCC(Cc1ccccc1)C1CCCCC1. The van der Waals surface area contributed by atoms with Crippen LogP contribution >= 0.6 is 0 Å². The summed E-state index contributed by atoms with van der Waals surface area (Å²) in [7, 11) is 0. The molecular weight excluding hydrogens is 204 g/mol. The first-order valence-corrected chi connectivity index (χ1v) is 7.05. The monoisotopic (exact) mass is 228 g/mol. The second-order valence-corrected chi connectivity index (χ2v) is 5.37. The molecule has 1 saturated carbocycles. The third-order valence-corrected chi connectivity index (χ3v) is 4.13. The number of rotatable bonds is 5. The Morgan fingerprint density at radius 2 is 1.82 bits per heavy atom. The van der Waals surface area contributed by atoms with Gasteiger partial charge in [-0.15, -0.1) is 6.58 Å². The minimum atomic E-state index is 0.815. The fraction of sp³-hybridized carbons (Fsp3) is 0.529. The maximum atomic E-state index is 3.94. The van der Waals surface area contributed by atoms with Gasteiger partial charge in [0, 0.05) is 0 Å². The van der Waals surface area contributed by atoms with Gasteiger partial charge in [-0.3, -0.25) is 0 Å². The molecule has 1 aliphatic rings. The minimum Gasteiger partial charge on any atom is -0.103 e. The summed E-state index contributed by atoms with van der Waals surface area (Å²) >= 11 is 0. The van der Waals surface area contributed by atoms with Crippen LogP contribution in [-0.4, -0.2) is 0 Å². The van der Waals surface area contributed by atoms with Crippen LogP contribution in [0.15, 0.2) is 43.0 Å². The van der Waals surface area contributed by atoms with Crippen molar-refractivity contribution in [2.24, 2.45) is 11.8 Å². The summed E-state index contributed by atoms with van der Waals surface area (Å²) in [4.78, 5) is 0. The molecule has 2 rings (SSSR count). The average molecular weight is 228 g/mol. The standard InChI is InChI=1S/C17H24/c1-2-9-17(16-12-7-4-8-13-16)14-15-10-5-3-6-11-15/h2-3,5-6,10-11,16-17H,1,4,7-9,12-14H2. The lowest BCUT2D eigenvalue weighted by molar-refractivity contribution is 0.247. The Labute approximate surface area is 106 Å². The highest BCUT2D eigenvalue weighted by molar-refractivity contribution is 5.15. The highest BCUT2D eigenvalue weighted by Gasteiger charge is 2.22. The fourth-order valence-electron chi connectivity index (χ4n) is 3.18. The second-order valence-electron chi connectivity index (χ2n) is 5.37. The van der Waals surface area contributed by atoms with E-state index in [9.17, 15) is 0 Å². The molecule has 1 aromatic carbocycles. The molecule has 0 saturated heterocycles. The Hall–Kier alpha value is -1.04. The van der Waals surface area contributed by atoms with Crippen LogP contribution in [0, 0.1) is 11.8 Å². The molecular formula is C17H24. The van der Waals surface area contributed by atoms with E-state index in [4.69, 9.17) is 0 Å². The van der Waals surface area contributed by atoms with Gasteiger partial charge in [-0.05, 0) is 30.2 Å². The van der Waals surface area contributed by atoms with Crippen molar-refractivity contribution in [2.75, 3.05) is 0 Å². The van der Waals surface area contributed by atoms with Crippen molar-refractivity contribution < 1.29 is 0 Å². The van der Waals surface area contributed by atoms with Crippen molar-refractivity contribution in [3.63, 3.8) is 0 Å². The lowest BCUT2D eigenvalue weighted by atomic mass is 9.76. The van der Waals surface area contributed by atoms with E-state index in [0.29, 0.717) is 0 Å². The summed E-state index contributed by atoms with van der Waals surface area (Å²) in [5, 5.41) is 0. The van der Waals surface area contributed by atoms with Crippen molar-refractivity contribution in [1.29, 1.82) is 0 Å². The van der Waals surface area contributed by atoms with Crippen molar-refractivity contribution in [2.45, 2.75) is 44.9 Å². The number of allylic oxidation sites excluding steroid dienone is 1. The van der Waals surface area contributed by atoms with Crippen LogP contribution in [0.1, 0.15) is 44.1 Å². The van der Waals surface area contributed by atoms with Crippen molar-refractivity contribution >= 4 is 0 Å². The molecule has 0 spiro atoms. The van der Waals surface area contributed by atoms with Gasteiger partial charge in [-0.1, -0.05) is 68.5 Å². The molecule has 0 N–H and O–H groups in total. The van der Waals surface area contributed by atoms with E-state index in [1.54, 1.807) is 0 Å². The van der Waals surface area contributed by atoms with Crippen LogP contribution in [0.25, 0.3) is 0 Å². The Bertz CT molecular complexity index is 319. The van der Waals surface area contributed by atoms with Crippen LogP contribution in [0.4, 0.5) is 0 Å². The lowest BCUT2D eigenvalue weighted by Crippen LogP contribution is -2.19. The summed E-state index contributed by atoms with van der Waals surface area (Å²) in [6.45, 7) is 3.94. The normalized spacial score (nSPS) is 18.8. The molecule has 0 amide bonds. The Morgan fingerprint density at radius 3 is 2.47 bits per heavy atom. The molecule has 0 aromatic heterocycles. The Morgan fingerprint density at radius 1 is 1.12 bits per heavy atom. The van der Waals surface area contributed by atoms with Crippen LogP contribution in [-0.2, 0) is 6.42 Å². The molecule has 1 aliphatic carbocycles. The predicted molar refractivity (Wildman–Crippen MR) is 75.0 cm³/mol. The van der Waals surface area contributed by atoms with Crippen LogP contribution in [0.2, 0.25) is 0 Å². The highest BCUT2D eigenvalue weighted by Crippen LogP contribution is 2.33. The summed E-state index contributed by atoms with van der Waals surface area (Å²) in [6, 6.07) is 10.9. The number of benzene rings is 1. The zero-order valence-corrected chi connectivity index (χ0v) is 10.8. The van der Waals surface area contributed by atoms with E-state index in [2.05, 4.69) is 43.0 Å². The van der Waals surface area contributed by atoms with E-state index in [1.807, 2.05) is 0 Å². The van der Waals surface area contributed by atoms with Gasteiger partial charge in [0.05, 0.1) is 0 Å². The molecule has 0 heterocycles. The third-order valence-electron chi connectivity index (χ3n) is 4.13. The van der Waals surface area contributed by atoms with E-state index < -0.39 is 0 Å². The maximum absolute atomic E-state index is 3.94. The van der Waals surface area contributed by atoms with E-state index in [1.165, 1.54) is 50.5 Å². The van der Waals surface area contributed by atoms with Crippen LogP contribution < -0.4 is 0 Å². The summed E-state index contributed by atoms with van der Waals surface area (Å²) in [6.07, 6.45) is 11.7. The summed E-state index contributed by atoms with van der Waals surface area (Å²) < 4.78 is 0. The molecule has 0 radical (unpaired) electrons. The Balaban J connectivity index is 1.98. The zero-order valence-electron chi connectivity index (χ0n) is 10.8. The van der Waals surface area contributed by atoms with E-state index in [-0.39, 0.29) is 0 Å².